The zero-order valence-electron chi connectivity index (χ0n) is 17.0. The van der Waals surface area contributed by atoms with Gasteiger partial charge in [-0.05, 0) is 43.8 Å². The van der Waals surface area contributed by atoms with E-state index < -0.39 is 0 Å². The summed E-state index contributed by atoms with van der Waals surface area (Å²) in [6.45, 7) is 9.66. The molecule has 0 saturated carbocycles. The summed E-state index contributed by atoms with van der Waals surface area (Å²) in [6.07, 6.45) is 0. The van der Waals surface area contributed by atoms with Crippen LogP contribution in [0.5, 0.6) is 0 Å². The quantitative estimate of drug-likeness (QED) is 0.393. The molecular formula is C22H26ClN3OS2. The van der Waals surface area contributed by atoms with Crippen LogP contribution >= 0.6 is 34.7 Å². The van der Waals surface area contributed by atoms with Gasteiger partial charge in [0, 0.05) is 18.0 Å². The Morgan fingerprint density at radius 1 is 1.10 bits per heavy atom. The molecule has 0 saturated heterocycles. The van der Waals surface area contributed by atoms with Gasteiger partial charge in [-0.25, -0.2) is 4.98 Å². The smallest absolute Gasteiger partial charge is 0.239 e. The summed E-state index contributed by atoms with van der Waals surface area (Å²) in [5.74, 6) is 0.448. The van der Waals surface area contributed by atoms with Crippen LogP contribution in [-0.4, -0.2) is 47.7 Å². The summed E-state index contributed by atoms with van der Waals surface area (Å²) < 4.78 is 0.943. The van der Waals surface area contributed by atoms with E-state index >= 15 is 0 Å². The molecule has 0 fully saturated rings. The second kappa shape index (κ2) is 10.4. The third-order valence-corrected chi connectivity index (χ3v) is 7.39. The lowest BCUT2D eigenvalue weighted by Crippen LogP contribution is -2.39. The van der Waals surface area contributed by atoms with Crippen molar-refractivity contribution in [1.82, 2.24) is 9.88 Å². The second-order valence-electron chi connectivity index (χ2n) is 6.71. The Hall–Kier alpha value is -1.60. The van der Waals surface area contributed by atoms with E-state index in [1.54, 1.807) is 11.8 Å². The number of aromatic nitrogens is 1. The van der Waals surface area contributed by atoms with Crippen LogP contribution in [0.25, 0.3) is 10.2 Å². The maximum Gasteiger partial charge on any atom is 0.239 e. The Morgan fingerprint density at radius 3 is 2.48 bits per heavy atom. The first-order valence-electron chi connectivity index (χ1n) is 9.79. The first-order chi connectivity index (χ1) is 14.0. The summed E-state index contributed by atoms with van der Waals surface area (Å²) in [5.41, 5.74) is 1.95. The largest absolute Gasteiger partial charge is 0.302 e. The Balaban J connectivity index is 1.85. The van der Waals surface area contributed by atoms with Crippen LogP contribution < -0.4 is 4.90 Å². The molecule has 1 amide bonds. The van der Waals surface area contributed by atoms with E-state index in [9.17, 15) is 4.79 Å². The molecule has 0 N–H and O–H groups in total. The fraction of sp³-hybridized carbons (Fsp3) is 0.364. The van der Waals surface area contributed by atoms with Crippen molar-refractivity contribution in [2.24, 2.45) is 0 Å². The van der Waals surface area contributed by atoms with Crippen LogP contribution in [0.3, 0.4) is 0 Å². The minimum absolute atomic E-state index is 0.0684. The van der Waals surface area contributed by atoms with Gasteiger partial charge in [-0.3, -0.25) is 9.69 Å². The predicted octanol–water partition coefficient (Wildman–Crippen LogP) is 5.73. The molecule has 1 aromatic heterocycles. The summed E-state index contributed by atoms with van der Waals surface area (Å²) in [4.78, 5) is 23.2. The van der Waals surface area contributed by atoms with Crippen molar-refractivity contribution >= 4 is 56.0 Å². The highest BCUT2D eigenvalue weighted by Crippen LogP contribution is 2.36. The van der Waals surface area contributed by atoms with E-state index in [0.717, 1.165) is 45.4 Å². The number of amides is 1. The van der Waals surface area contributed by atoms with Crippen molar-refractivity contribution in [2.45, 2.75) is 25.7 Å². The van der Waals surface area contributed by atoms with Crippen LogP contribution in [0.15, 0.2) is 47.4 Å². The van der Waals surface area contributed by atoms with Crippen LogP contribution in [0.4, 0.5) is 5.13 Å². The molecule has 0 aliphatic carbocycles. The summed E-state index contributed by atoms with van der Waals surface area (Å²) >= 11 is 9.45. The topological polar surface area (TPSA) is 36.4 Å². The monoisotopic (exact) mass is 447 g/mol. The van der Waals surface area contributed by atoms with Gasteiger partial charge >= 0.3 is 0 Å². The number of thioether (sulfide) groups is 1. The Bertz CT molecular complexity index is 918. The van der Waals surface area contributed by atoms with Gasteiger partial charge < -0.3 is 4.90 Å². The van der Waals surface area contributed by atoms with Crippen molar-refractivity contribution in [2.75, 3.05) is 36.8 Å². The molecule has 7 heteroatoms. The van der Waals surface area contributed by atoms with Crippen LogP contribution in [0.2, 0.25) is 5.02 Å². The van der Waals surface area contributed by atoms with Crippen LogP contribution in [0, 0.1) is 6.92 Å². The standard InChI is InChI=1S/C22H26ClN3OS2/c1-4-25(5-2)13-14-26(19(27)15-28-17-9-7-6-8-10-17)22-24-20-16(3)11-12-18(23)21(20)29-22/h6-12H,4-5,13-15H2,1-3H3. The number of carbonyl (C=O) groups excluding carboxylic acids is 1. The van der Waals surface area contributed by atoms with Crippen molar-refractivity contribution in [1.29, 1.82) is 0 Å². The number of nitrogens with zero attached hydrogens (tertiary/aromatic N) is 3. The molecule has 0 unspecified atom stereocenters. The van der Waals surface area contributed by atoms with Gasteiger partial charge in [0.15, 0.2) is 5.13 Å². The van der Waals surface area contributed by atoms with E-state index in [4.69, 9.17) is 16.6 Å². The van der Waals surface area contributed by atoms with Crippen molar-refractivity contribution in [3.05, 3.63) is 53.1 Å². The number of rotatable bonds is 9. The molecule has 1 heterocycles. The zero-order chi connectivity index (χ0) is 20.8. The second-order valence-corrected chi connectivity index (χ2v) is 9.15. The first-order valence-corrected chi connectivity index (χ1v) is 12.0. The molecule has 2 aromatic carbocycles. The van der Waals surface area contributed by atoms with Crippen molar-refractivity contribution in [3.8, 4) is 0 Å². The average Bonchev–Trinajstić information content (AvgIpc) is 3.19. The van der Waals surface area contributed by atoms with E-state index in [-0.39, 0.29) is 5.91 Å². The number of benzene rings is 2. The highest BCUT2D eigenvalue weighted by Gasteiger charge is 2.22. The first kappa shape index (κ1) is 22.1. The van der Waals surface area contributed by atoms with E-state index in [2.05, 4.69) is 18.7 Å². The lowest BCUT2D eigenvalue weighted by atomic mass is 10.2. The number of carbonyl (C=O) groups is 1. The van der Waals surface area contributed by atoms with Gasteiger partial charge in [0.2, 0.25) is 5.91 Å². The molecule has 0 bridgehead atoms. The minimum Gasteiger partial charge on any atom is -0.302 e. The van der Waals surface area contributed by atoms with Crippen LogP contribution in [-0.2, 0) is 4.79 Å². The Labute approximate surface area is 185 Å². The summed E-state index contributed by atoms with van der Waals surface area (Å²) in [6, 6.07) is 13.9. The molecule has 3 aromatic rings. The van der Waals surface area contributed by atoms with Crippen molar-refractivity contribution < 1.29 is 4.79 Å². The number of fused-ring (bicyclic) bond motifs is 1. The number of likely N-dealkylation sites (N-methyl/N-ethyl adjacent to an activating group) is 1. The van der Waals surface area contributed by atoms with E-state index in [0.29, 0.717) is 17.3 Å². The SMILES string of the molecule is CCN(CC)CCN(C(=O)CSc1ccccc1)c1nc2c(C)ccc(Cl)c2s1. The normalized spacial score (nSPS) is 11.3. The molecular weight excluding hydrogens is 422 g/mol. The number of halogens is 1. The number of hydrogen-bond acceptors (Lipinski definition) is 5. The summed E-state index contributed by atoms with van der Waals surface area (Å²) in [7, 11) is 0. The maximum atomic E-state index is 13.2. The molecule has 154 valence electrons. The van der Waals surface area contributed by atoms with Gasteiger partial charge in [0.05, 0.1) is 21.0 Å². The van der Waals surface area contributed by atoms with Gasteiger partial charge in [-0.2, -0.15) is 0 Å². The fourth-order valence-electron chi connectivity index (χ4n) is 3.05. The van der Waals surface area contributed by atoms with Gasteiger partial charge in [-0.15, -0.1) is 11.8 Å². The number of hydrogen-bond donors (Lipinski definition) is 0. The third kappa shape index (κ3) is 5.51. The maximum absolute atomic E-state index is 13.2. The lowest BCUT2D eigenvalue weighted by Gasteiger charge is -2.24. The molecule has 0 radical (unpaired) electrons. The molecule has 0 spiro atoms. The average molecular weight is 448 g/mol. The van der Waals surface area contributed by atoms with Gasteiger partial charge in [0.1, 0.15) is 0 Å². The minimum atomic E-state index is 0.0684. The van der Waals surface area contributed by atoms with Crippen molar-refractivity contribution in [3.63, 3.8) is 0 Å². The zero-order valence-corrected chi connectivity index (χ0v) is 19.4. The Morgan fingerprint density at radius 2 is 1.83 bits per heavy atom. The number of anilines is 1. The van der Waals surface area contributed by atoms with Crippen LogP contribution in [0.1, 0.15) is 19.4 Å². The lowest BCUT2D eigenvalue weighted by molar-refractivity contribution is -0.116. The number of thiazole rings is 1. The van der Waals surface area contributed by atoms with Gasteiger partial charge in [0.25, 0.3) is 0 Å². The predicted molar refractivity (Wildman–Crippen MR) is 127 cm³/mol. The van der Waals surface area contributed by atoms with Gasteiger partial charge in [-0.1, -0.05) is 61.1 Å². The Kier molecular flexibility index (Phi) is 7.95. The number of aryl methyl sites for hydroxylation is 1. The highest BCUT2D eigenvalue weighted by molar-refractivity contribution is 8.00. The fourth-order valence-corrected chi connectivity index (χ4v) is 5.21. The third-order valence-electron chi connectivity index (χ3n) is 4.86. The highest BCUT2D eigenvalue weighted by atomic mass is 35.5. The van der Waals surface area contributed by atoms with E-state index in [1.807, 2.05) is 54.3 Å². The molecule has 0 aliphatic heterocycles. The summed E-state index contributed by atoms with van der Waals surface area (Å²) in [5, 5.41) is 1.41. The molecule has 29 heavy (non-hydrogen) atoms. The molecule has 0 aliphatic rings. The molecule has 3 rings (SSSR count). The molecule has 0 atom stereocenters. The van der Waals surface area contributed by atoms with E-state index in [1.165, 1.54) is 11.3 Å². The molecule has 4 nitrogen and oxygen atoms in total.